The number of aryl methyl sites for hydroxylation is 2. The Bertz CT molecular complexity index is 1050. The van der Waals surface area contributed by atoms with Crippen molar-refractivity contribution in [1.82, 2.24) is 4.98 Å². The molecule has 0 saturated carbocycles. The number of ether oxygens (including phenoxy) is 1. The first-order valence-electron chi connectivity index (χ1n) is 8.85. The molecular formula is C21H18F3NO3S2. The Morgan fingerprint density at radius 3 is 2.50 bits per heavy atom. The Balaban J connectivity index is 1.72. The van der Waals surface area contributed by atoms with E-state index in [1.165, 1.54) is 23.5 Å². The van der Waals surface area contributed by atoms with Gasteiger partial charge in [0, 0.05) is 21.1 Å². The second-order valence-corrected chi connectivity index (χ2v) is 8.60. The molecule has 3 aromatic rings. The van der Waals surface area contributed by atoms with E-state index in [2.05, 4.69) is 4.98 Å². The maximum absolute atomic E-state index is 12.7. The number of aromatic nitrogens is 1. The highest BCUT2D eigenvalue weighted by Crippen LogP contribution is 2.36. The summed E-state index contributed by atoms with van der Waals surface area (Å²) < 4.78 is 43.5. The van der Waals surface area contributed by atoms with Gasteiger partial charge in [0.1, 0.15) is 10.8 Å². The monoisotopic (exact) mass is 453 g/mol. The van der Waals surface area contributed by atoms with Gasteiger partial charge in [0.15, 0.2) is 6.61 Å². The van der Waals surface area contributed by atoms with Crippen LogP contribution in [0.2, 0.25) is 0 Å². The summed E-state index contributed by atoms with van der Waals surface area (Å²) in [5, 5.41) is 9.41. The molecule has 158 valence electrons. The smallest absolute Gasteiger partial charge is 0.416 e. The van der Waals surface area contributed by atoms with Gasteiger partial charge in [-0.25, -0.2) is 9.78 Å². The van der Waals surface area contributed by atoms with Crippen molar-refractivity contribution in [2.75, 3.05) is 6.61 Å². The Labute approximate surface area is 179 Å². The van der Waals surface area contributed by atoms with E-state index >= 15 is 0 Å². The molecule has 0 aliphatic heterocycles. The van der Waals surface area contributed by atoms with Crippen LogP contribution < -0.4 is 4.74 Å². The van der Waals surface area contributed by atoms with Crippen LogP contribution in [-0.4, -0.2) is 22.7 Å². The molecule has 0 bridgehead atoms. The van der Waals surface area contributed by atoms with Gasteiger partial charge in [0.2, 0.25) is 0 Å². The van der Waals surface area contributed by atoms with Crippen molar-refractivity contribution in [3.63, 3.8) is 0 Å². The van der Waals surface area contributed by atoms with Crippen molar-refractivity contribution in [2.24, 2.45) is 0 Å². The van der Waals surface area contributed by atoms with Crippen LogP contribution in [0.1, 0.15) is 21.7 Å². The summed E-state index contributed by atoms with van der Waals surface area (Å²) in [6.45, 7) is 3.42. The molecule has 30 heavy (non-hydrogen) atoms. The standard InChI is InChI=1S/C21H18F3NO3S2/c1-12-3-8-16(28-10-19(26)27)9-17(12)29-11-18-13(2)25-20(30-18)14-4-6-15(7-5-14)21(22,23)24/h3-9H,10-11H2,1-2H3,(H,26,27). The molecule has 4 nitrogen and oxygen atoms in total. The third-order valence-electron chi connectivity index (χ3n) is 4.23. The van der Waals surface area contributed by atoms with Crippen molar-refractivity contribution in [3.05, 3.63) is 64.2 Å². The van der Waals surface area contributed by atoms with Gasteiger partial charge in [-0.1, -0.05) is 18.2 Å². The van der Waals surface area contributed by atoms with Crippen LogP contribution in [0.3, 0.4) is 0 Å². The SMILES string of the molecule is Cc1ccc(OCC(=O)O)cc1SCc1sc(-c2ccc(C(F)(F)F)cc2)nc1C. The van der Waals surface area contributed by atoms with Crippen molar-refractivity contribution >= 4 is 29.1 Å². The van der Waals surface area contributed by atoms with Gasteiger partial charge < -0.3 is 9.84 Å². The molecular weight excluding hydrogens is 435 g/mol. The number of thiazole rings is 1. The molecule has 0 aliphatic carbocycles. The van der Waals surface area contributed by atoms with Crippen LogP contribution in [0.5, 0.6) is 5.75 Å². The number of hydrogen-bond donors (Lipinski definition) is 1. The van der Waals surface area contributed by atoms with E-state index in [1.807, 2.05) is 19.9 Å². The summed E-state index contributed by atoms with van der Waals surface area (Å²) >= 11 is 3.02. The zero-order chi connectivity index (χ0) is 21.9. The van der Waals surface area contributed by atoms with Gasteiger partial charge in [-0.2, -0.15) is 13.2 Å². The molecule has 9 heteroatoms. The fourth-order valence-electron chi connectivity index (χ4n) is 2.60. The molecule has 0 fully saturated rings. The second-order valence-electron chi connectivity index (χ2n) is 6.50. The van der Waals surface area contributed by atoms with Crippen LogP contribution in [0.25, 0.3) is 10.6 Å². The number of carboxylic acids is 1. The number of benzene rings is 2. The van der Waals surface area contributed by atoms with Crippen LogP contribution in [-0.2, 0) is 16.7 Å². The van der Waals surface area contributed by atoms with E-state index in [-0.39, 0.29) is 0 Å². The van der Waals surface area contributed by atoms with Crippen LogP contribution in [0.4, 0.5) is 13.2 Å². The number of aliphatic carboxylic acids is 1. The molecule has 0 spiro atoms. The highest BCUT2D eigenvalue weighted by atomic mass is 32.2. The van der Waals surface area contributed by atoms with Gasteiger partial charge in [0.25, 0.3) is 0 Å². The fraction of sp³-hybridized carbons (Fsp3) is 0.238. The Morgan fingerprint density at radius 1 is 1.17 bits per heavy atom. The molecule has 3 rings (SSSR count). The van der Waals surface area contributed by atoms with Crippen molar-refractivity contribution in [1.29, 1.82) is 0 Å². The topological polar surface area (TPSA) is 59.4 Å². The molecule has 2 aromatic carbocycles. The number of nitrogens with zero attached hydrogens (tertiary/aromatic N) is 1. The van der Waals surface area contributed by atoms with Crippen LogP contribution >= 0.6 is 23.1 Å². The van der Waals surface area contributed by atoms with Gasteiger partial charge >= 0.3 is 12.1 Å². The molecule has 1 aromatic heterocycles. The molecule has 0 atom stereocenters. The predicted molar refractivity (Wildman–Crippen MR) is 111 cm³/mol. The lowest BCUT2D eigenvalue weighted by Gasteiger charge is -2.09. The van der Waals surface area contributed by atoms with E-state index in [4.69, 9.17) is 9.84 Å². The summed E-state index contributed by atoms with van der Waals surface area (Å²) in [4.78, 5) is 17.2. The normalized spacial score (nSPS) is 11.5. The number of hydrogen-bond acceptors (Lipinski definition) is 5. The lowest BCUT2D eigenvalue weighted by Crippen LogP contribution is -2.09. The van der Waals surface area contributed by atoms with Crippen LogP contribution in [0, 0.1) is 13.8 Å². The lowest BCUT2D eigenvalue weighted by atomic mass is 10.1. The zero-order valence-electron chi connectivity index (χ0n) is 16.1. The predicted octanol–water partition coefficient (Wildman–Crippen LogP) is 6.20. The average Bonchev–Trinajstić information content (AvgIpc) is 3.06. The van der Waals surface area contributed by atoms with E-state index < -0.39 is 24.3 Å². The zero-order valence-corrected chi connectivity index (χ0v) is 17.7. The number of halogens is 3. The fourth-order valence-corrected chi connectivity index (χ4v) is 4.87. The molecule has 1 heterocycles. The van der Waals surface area contributed by atoms with E-state index in [0.717, 1.165) is 33.2 Å². The van der Waals surface area contributed by atoms with Gasteiger partial charge in [-0.3, -0.25) is 0 Å². The summed E-state index contributed by atoms with van der Waals surface area (Å²) in [5.41, 5.74) is 1.83. The summed E-state index contributed by atoms with van der Waals surface area (Å²) in [7, 11) is 0. The molecule has 0 amide bonds. The van der Waals surface area contributed by atoms with E-state index in [9.17, 15) is 18.0 Å². The van der Waals surface area contributed by atoms with Crippen molar-refractivity contribution < 1.29 is 27.8 Å². The minimum atomic E-state index is -4.36. The number of rotatable bonds is 7. The first-order chi connectivity index (χ1) is 14.1. The van der Waals surface area contributed by atoms with Crippen LogP contribution in [0.15, 0.2) is 47.4 Å². The molecule has 0 saturated heterocycles. The number of carboxylic acid groups (broad SMARTS) is 1. The molecule has 0 unspecified atom stereocenters. The Hall–Kier alpha value is -2.52. The van der Waals surface area contributed by atoms with Gasteiger partial charge in [-0.15, -0.1) is 23.1 Å². The quantitative estimate of drug-likeness (QED) is 0.432. The first-order valence-corrected chi connectivity index (χ1v) is 10.7. The maximum atomic E-state index is 12.7. The van der Waals surface area contributed by atoms with E-state index in [0.29, 0.717) is 22.1 Å². The van der Waals surface area contributed by atoms with Gasteiger partial charge in [0.05, 0.1) is 11.3 Å². The van der Waals surface area contributed by atoms with Crippen molar-refractivity contribution in [2.45, 2.75) is 30.7 Å². The summed E-state index contributed by atoms with van der Waals surface area (Å²) in [6.07, 6.45) is -4.36. The minimum absolute atomic E-state index is 0.405. The maximum Gasteiger partial charge on any atom is 0.416 e. The first kappa shape index (κ1) is 22.2. The number of alkyl halides is 3. The lowest BCUT2D eigenvalue weighted by molar-refractivity contribution is -0.139. The molecule has 1 N–H and O–H groups in total. The number of thioether (sulfide) groups is 1. The van der Waals surface area contributed by atoms with E-state index in [1.54, 1.807) is 23.9 Å². The largest absolute Gasteiger partial charge is 0.482 e. The third kappa shape index (κ3) is 5.54. The Morgan fingerprint density at radius 2 is 1.87 bits per heavy atom. The second kappa shape index (κ2) is 9.09. The highest BCUT2D eigenvalue weighted by molar-refractivity contribution is 7.98. The Kier molecular flexibility index (Phi) is 6.72. The van der Waals surface area contributed by atoms with Gasteiger partial charge in [-0.05, 0) is 43.7 Å². The summed E-state index contributed by atoms with van der Waals surface area (Å²) in [5.74, 6) is 0.0747. The third-order valence-corrected chi connectivity index (χ3v) is 6.81. The highest BCUT2D eigenvalue weighted by Gasteiger charge is 2.30. The summed E-state index contributed by atoms with van der Waals surface area (Å²) in [6, 6.07) is 10.4. The molecule has 0 radical (unpaired) electrons. The minimum Gasteiger partial charge on any atom is -0.482 e. The average molecular weight is 454 g/mol. The number of carbonyl (C=O) groups is 1. The van der Waals surface area contributed by atoms with Crippen molar-refractivity contribution in [3.8, 4) is 16.3 Å². The molecule has 0 aliphatic rings.